The van der Waals surface area contributed by atoms with Gasteiger partial charge in [-0.05, 0) is 43.4 Å². The van der Waals surface area contributed by atoms with Crippen LogP contribution >= 0.6 is 0 Å². The molecule has 0 aliphatic carbocycles. The van der Waals surface area contributed by atoms with E-state index >= 15 is 0 Å². The van der Waals surface area contributed by atoms with Gasteiger partial charge in [0.25, 0.3) is 0 Å². The Morgan fingerprint density at radius 2 is 2.13 bits per heavy atom. The maximum absolute atomic E-state index is 13.6. The molecule has 4 N–H and O–H groups in total. The first kappa shape index (κ1) is 20.6. The van der Waals surface area contributed by atoms with Crippen LogP contribution in [-0.2, 0) is 13.0 Å². The number of hydrogen-bond acceptors (Lipinski definition) is 4. The minimum Gasteiger partial charge on any atom is -0.505 e. The Labute approximate surface area is 172 Å². The van der Waals surface area contributed by atoms with Gasteiger partial charge in [-0.15, -0.1) is 0 Å². The van der Waals surface area contributed by atoms with Crippen molar-refractivity contribution in [1.82, 2.24) is 14.9 Å². The molecule has 0 fully saturated rings. The van der Waals surface area contributed by atoms with Gasteiger partial charge in [-0.25, -0.2) is 13.6 Å². The van der Waals surface area contributed by atoms with Crippen LogP contribution in [0.4, 0.5) is 8.78 Å². The summed E-state index contributed by atoms with van der Waals surface area (Å²) in [4.78, 5) is 15.1. The molecule has 0 bridgehead atoms. The summed E-state index contributed by atoms with van der Waals surface area (Å²) < 4.78 is 28.7. The number of aliphatic hydroxyl groups is 1. The van der Waals surface area contributed by atoms with Gasteiger partial charge in [0.05, 0.1) is 17.1 Å². The van der Waals surface area contributed by atoms with Crippen molar-refractivity contribution in [3.05, 3.63) is 63.6 Å². The smallest absolute Gasteiger partial charge is 0.326 e. The quantitative estimate of drug-likeness (QED) is 0.496. The first-order valence-electron chi connectivity index (χ1n) is 10.2. The molecule has 30 heavy (non-hydrogen) atoms. The number of hydrogen-bond donors (Lipinski definition) is 4. The largest absolute Gasteiger partial charge is 0.505 e. The zero-order valence-corrected chi connectivity index (χ0v) is 16.7. The Hall–Kier alpha value is -2.71. The number of benzene rings is 2. The SMILES string of the molecule is CCC(CCc1cc(F)cc(F)c1O)N[C@@H]1CCn2c(=O)[nH]c3cccc(c32)C1O. The third-order valence-electron chi connectivity index (χ3n) is 6.00. The van der Waals surface area contributed by atoms with Gasteiger partial charge in [0.15, 0.2) is 11.6 Å². The fraction of sp³-hybridized carbons (Fsp3) is 0.409. The minimum atomic E-state index is -0.967. The monoisotopic (exact) mass is 417 g/mol. The Balaban J connectivity index is 1.51. The van der Waals surface area contributed by atoms with Crippen LogP contribution in [0.25, 0.3) is 11.0 Å². The molecule has 4 rings (SSSR count). The van der Waals surface area contributed by atoms with Gasteiger partial charge in [0.1, 0.15) is 5.82 Å². The van der Waals surface area contributed by atoms with Crippen LogP contribution in [0.15, 0.2) is 35.1 Å². The molecule has 0 saturated carbocycles. The zero-order chi connectivity index (χ0) is 21.4. The minimum absolute atomic E-state index is 0.0367. The summed E-state index contributed by atoms with van der Waals surface area (Å²) in [5.74, 6) is -2.21. The number of phenolic OH excluding ortho intramolecular Hbond substituents is 1. The summed E-state index contributed by atoms with van der Waals surface area (Å²) in [7, 11) is 0. The summed E-state index contributed by atoms with van der Waals surface area (Å²) in [5, 5.41) is 24.4. The average molecular weight is 417 g/mol. The number of phenols is 1. The highest BCUT2D eigenvalue weighted by Gasteiger charge is 2.29. The van der Waals surface area contributed by atoms with Crippen molar-refractivity contribution in [1.29, 1.82) is 0 Å². The van der Waals surface area contributed by atoms with Crippen LogP contribution in [-0.4, -0.2) is 31.8 Å². The predicted molar refractivity (Wildman–Crippen MR) is 109 cm³/mol. The summed E-state index contributed by atoms with van der Waals surface area (Å²) in [6.07, 6.45) is 1.32. The first-order valence-corrected chi connectivity index (χ1v) is 10.2. The van der Waals surface area contributed by atoms with E-state index in [1.165, 1.54) is 0 Å². The highest BCUT2D eigenvalue weighted by atomic mass is 19.1. The molecule has 0 spiro atoms. The molecular weight excluding hydrogens is 392 g/mol. The highest BCUT2D eigenvalue weighted by Crippen LogP contribution is 2.30. The number of para-hydroxylation sites is 1. The number of aromatic nitrogens is 2. The zero-order valence-electron chi connectivity index (χ0n) is 16.7. The normalized spacial score (nSPS) is 19.7. The Morgan fingerprint density at radius 3 is 2.90 bits per heavy atom. The maximum Gasteiger partial charge on any atom is 0.326 e. The van der Waals surface area contributed by atoms with Crippen molar-refractivity contribution in [2.75, 3.05) is 0 Å². The van der Waals surface area contributed by atoms with Crippen LogP contribution in [0, 0.1) is 11.6 Å². The molecule has 0 radical (unpaired) electrons. The summed E-state index contributed by atoms with van der Waals surface area (Å²) in [6, 6.07) is 6.94. The predicted octanol–water partition coefficient (Wildman–Crippen LogP) is 3.12. The van der Waals surface area contributed by atoms with Crippen molar-refractivity contribution in [3.8, 4) is 5.75 Å². The van der Waals surface area contributed by atoms with Crippen molar-refractivity contribution in [2.24, 2.45) is 0 Å². The molecule has 2 unspecified atom stereocenters. The van der Waals surface area contributed by atoms with E-state index in [1.807, 2.05) is 25.1 Å². The van der Waals surface area contributed by atoms with Crippen molar-refractivity contribution < 1.29 is 19.0 Å². The van der Waals surface area contributed by atoms with Gasteiger partial charge in [-0.2, -0.15) is 0 Å². The van der Waals surface area contributed by atoms with Gasteiger partial charge >= 0.3 is 5.69 Å². The van der Waals surface area contributed by atoms with Gasteiger partial charge in [-0.1, -0.05) is 19.1 Å². The standard InChI is InChI=1S/C22H25F2N3O3/c1-2-14(7-6-12-10-13(23)11-16(24)20(12)28)25-18-8-9-27-19-15(21(18)29)4-3-5-17(19)26-22(27)30/h3-5,10-11,14,18,21,25,28-29H,2,6-9H2,1H3,(H,26,30)/t14?,18-,21?/m1/s1. The lowest BCUT2D eigenvalue weighted by atomic mass is 9.96. The third kappa shape index (κ3) is 3.73. The number of rotatable bonds is 6. The first-order chi connectivity index (χ1) is 14.4. The number of imidazole rings is 1. The van der Waals surface area contributed by atoms with Gasteiger partial charge in [0.2, 0.25) is 0 Å². The third-order valence-corrected chi connectivity index (χ3v) is 6.00. The van der Waals surface area contributed by atoms with Gasteiger partial charge in [0, 0.05) is 30.3 Å². The number of aliphatic hydroxyl groups excluding tert-OH is 1. The molecule has 1 aliphatic rings. The number of aryl methyl sites for hydroxylation is 2. The lowest BCUT2D eigenvalue weighted by Gasteiger charge is -2.28. The van der Waals surface area contributed by atoms with Crippen molar-refractivity contribution >= 4 is 11.0 Å². The topological polar surface area (TPSA) is 90.3 Å². The van der Waals surface area contributed by atoms with E-state index in [4.69, 9.17) is 0 Å². The maximum atomic E-state index is 13.6. The number of halogens is 2. The van der Waals surface area contributed by atoms with Crippen molar-refractivity contribution in [3.63, 3.8) is 0 Å². The molecule has 6 nitrogen and oxygen atoms in total. The van der Waals surface area contributed by atoms with Crippen LogP contribution < -0.4 is 11.0 Å². The number of aromatic hydroxyl groups is 1. The number of nitrogens with one attached hydrogen (secondary N) is 2. The fourth-order valence-corrected chi connectivity index (χ4v) is 4.36. The van der Waals surface area contributed by atoms with E-state index in [9.17, 15) is 23.8 Å². The lowest BCUT2D eigenvalue weighted by Crippen LogP contribution is -2.42. The average Bonchev–Trinajstić information content (AvgIpc) is 2.97. The van der Waals surface area contributed by atoms with E-state index in [0.29, 0.717) is 43.0 Å². The number of aromatic amines is 1. The molecule has 2 aromatic carbocycles. The van der Waals surface area contributed by atoms with Crippen LogP contribution in [0.2, 0.25) is 0 Å². The molecule has 8 heteroatoms. The van der Waals surface area contributed by atoms with Crippen LogP contribution in [0.3, 0.4) is 0 Å². The second kappa shape index (κ2) is 8.20. The molecule has 0 saturated heterocycles. The molecule has 160 valence electrons. The molecule has 2 heterocycles. The number of H-pyrrole nitrogens is 1. The fourth-order valence-electron chi connectivity index (χ4n) is 4.36. The van der Waals surface area contributed by atoms with E-state index in [0.717, 1.165) is 18.0 Å². The van der Waals surface area contributed by atoms with Crippen LogP contribution in [0.1, 0.15) is 43.4 Å². The molecule has 1 aromatic heterocycles. The van der Waals surface area contributed by atoms with Gasteiger partial charge < -0.3 is 20.5 Å². The Kier molecular flexibility index (Phi) is 5.62. The summed E-state index contributed by atoms with van der Waals surface area (Å²) in [5.41, 5.74) is 2.16. The highest BCUT2D eigenvalue weighted by molar-refractivity contribution is 5.79. The molecule has 3 atom stereocenters. The Bertz CT molecular complexity index is 1120. The Morgan fingerprint density at radius 1 is 1.33 bits per heavy atom. The second-order valence-electron chi connectivity index (χ2n) is 7.87. The van der Waals surface area contributed by atoms with E-state index in [2.05, 4.69) is 10.3 Å². The second-order valence-corrected chi connectivity index (χ2v) is 7.87. The molecular formula is C22H25F2N3O3. The molecule has 1 aliphatic heterocycles. The summed E-state index contributed by atoms with van der Waals surface area (Å²) in [6.45, 7) is 2.46. The lowest BCUT2D eigenvalue weighted by molar-refractivity contribution is 0.117. The molecule has 0 amide bonds. The van der Waals surface area contributed by atoms with Crippen molar-refractivity contribution in [2.45, 2.75) is 57.3 Å². The van der Waals surface area contributed by atoms with E-state index < -0.39 is 23.5 Å². The van der Waals surface area contributed by atoms with E-state index in [-0.39, 0.29) is 23.3 Å². The van der Waals surface area contributed by atoms with E-state index in [1.54, 1.807) is 4.57 Å². The van der Waals surface area contributed by atoms with Crippen LogP contribution in [0.5, 0.6) is 5.75 Å². The summed E-state index contributed by atoms with van der Waals surface area (Å²) >= 11 is 0. The number of nitrogens with zero attached hydrogens (tertiary/aromatic N) is 1. The molecule has 3 aromatic rings. The van der Waals surface area contributed by atoms with Gasteiger partial charge in [-0.3, -0.25) is 4.57 Å².